The zero-order valence-corrected chi connectivity index (χ0v) is 12.6. The van der Waals surface area contributed by atoms with Gasteiger partial charge in [-0.25, -0.2) is 9.97 Å². The van der Waals surface area contributed by atoms with Crippen molar-refractivity contribution in [2.45, 2.75) is 33.1 Å². The Balaban J connectivity index is 2.06. The highest BCUT2D eigenvalue weighted by Crippen LogP contribution is 2.32. The monoisotopic (exact) mass is 283 g/mol. The highest BCUT2D eigenvalue weighted by Gasteiger charge is 2.16. The number of hydrogen-bond donors (Lipinski definition) is 1. The summed E-state index contributed by atoms with van der Waals surface area (Å²) in [5.41, 5.74) is 4.68. The SMILES string of the molecule is CCCc1c(NCC)ncnc1-c1ccc2c(c1)CCO2. The minimum atomic E-state index is 0.785. The lowest BCUT2D eigenvalue weighted by Gasteiger charge is -2.13. The van der Waals surface area contributed by atoms with Crippen LogP contribution in [0.25, 0.3) is 11.3 Å². The van der Waals surface area contributed by atoms with Gasteiger partial charge in [0.1, 0.15) is 17.9 Å². The third kappa shape index (κ3) is 2.71. The molecule has 2 aromatic rings. The second-order valence-electron chi connectivity index (χ2n) is 5.25. The summed E-state index contributed by atoms with van der Waals surface area (Å²) in [4.78, 5) is 8.94. The molecule has 1 N–H and O–H groups in total. The van der Waals surface area contributed by atoms with Crippen molar-refractivity contribution in [3.63, 3.8) is 0 Å². The van der Waals surface area contributed by atoms with Crippen LogP contribution in [0.15, 0.2) is 24.5 Å². The number of rotatable bonds is 5. The van der Waals surface area contributed by atoms with E-state index in [0.29, 0.717) is 0 Å². The van der Waals surface area contributed by atoms with Crippen LogP contribution in [0.4, 0.5) is 5.82 Å². The summed E-state index contributed by atoms with van der Waals surface area (Å²) in [6.07, 6.45) is 4.69. The number of nitrogens with one attached hydrogen (secondary N) is 1. The Hall–Kier alpha value is -2.10. The van der Waals surface area contributed by atoms with Gasteiger partial charge in [-0.05, 0) is 37.1 Å². The molecule has 0 atom stereocenters. The lowest BCUT2D eigenvalue weighted by molar-refractivity contribution is 0.357. The van der Waals surface area contributed by atoms with Crippen molar-refractivity contribution in [1.82, 2.24) is 9.97 Å². The summed E-state index contributed by atoms with van der Waals surface area (Å²) in [6.45, 7) is 5.92. The first kappa shape index (κ1) is 13.9. The van der Waals surface area contributed by atoms with Crippen molar-refractivity contribution in [3.8, 4) is 17.0 Å². The van der Waals surface area contributed by atoms with Crippen LogP contribution in [0.1, 0.15) is 31.4 Å². The fourth-order valence-electron chi connectivity index (χ4n) is 2.80. The zero-order chi connectivity index (χ0) is 14.7. The summed E-state index contributed by atoms with van der Waals surface area (Å²) in [5, 5.41) is 3.35. The van der Waals surface area contributed by atoms with Gasteiger partial charge in [0.2, 0.25) is 0 Å². The quantitative estimate of drug-likeness (QED) is 0.913. The molecule has 2 heterocycles. The maximum atomic E-state index is 5.58. The highest BCUT2D eigenvalue weighted by molar-refractivity contribution is 5.70. The molecule has 1 aromatic carbocycles. The fraction of sp³-hybridized carbons (Fsp3) is 0.412. The fourth-order valence-corrected chi connectivity index (χ4v) is 2.80. The Morgan fingerprint density at radius 3 is 2.95 bits per heavy atom. The average Bonchev–Trinajstić information content (AvgIpc) is 2.97. The van der Waals surface area contributed by atoms with E-state index in [4.69, 9.17) is 4.74 Å². The van der Waals surface area contributed by atoms with Gasteiger partial charge in [-0.2, -0.15) is 0 Å². The van der Waals surface area contributed by atoms with E-state index >= 15 is 0 Å². The molecule has 0 amide bonds. The Kier molecular flexibility index (Phi) is 4.04. The van der Waals surface area contributed by atoms with Crippen molar-refractivity contribution >= 4 is 5.82 Å². The molecule has 0 fully saturated rings. The van der Waals surface area contributed by atoms with Crippen LogP contribution in [-0.4, -0.2) is 23.1 Å². The molecule has 0 saturated heterocycles. The molecule has 0 unspecified atom stereocenters. The molecule has 110 valence electrons. The third-order valence-corrected chi connectivity index (χ3v) is 3.75. The van der Waals surface area contributed by atoms with Crippen molar-refractivity contribution in [1.29, 1.82) is 0 Å². The average molecular weight is 283 g/mol. The standard InChI is InChI=1S/C17H21N3O/c1-3-5-14-16(19-11-20-17(14)18-4-2)13-6-7-15-12(10-13)8-9-21-15/h6-7,10-11H,3-5,8-9H2,1-2H3,(H,18,19,20). The lowest BCUT2D eigenvalue weighted by atomic mass is 10.00. The van der Waals surface area contributed by atoms with Gasteiger partial charge < -0.3 is 10.1 Å². The molecule has 0 radical (unpaired) electrons. The van der Waals surface area contributed by atoms with Crippen molar-refractivity contribution < 1.29 is 4.74 Å². The number of nitrogens with zero attached hydrogens (tertiary/aromatic N) is 2. The molecule has 21 heavy (non-hydrogen) atoms. The van der Waals surface area contributed by atoms with Gasteiger partial charge in [-0.15, -0.1) is 0 Å². The van der Waals surface area contributed by atoms with Gasteiger partial charge >= 0.3 is 0 Å². The Morgan fingerprint density at radius 2 is 2.14 bits per heavy atom. The first-order valence-electron chi connectivity index (χ1n) is 7.67. The molecule has 0 spiro atoms. The Bertz CT molecular complexity index is 640. The van der Waals surface area contributed by atoms with E-state index < -0.39 is 0 Å². The van der Waals surface area contributed by atoms with Gasteiger partial charge in [-0.1, -0.05) is 13.3 Å². The van der Waals surface area contributed by atoms with Gasteiger partial charge in [0.15, 0.2) is 0 Å². The lowest BCUT2D eigenvalue weighted by Crippen LogP contribution is -2.06. The maximum Gasteiger partial charge on any atom is 0.133 e. The second kappa shape index (κ2) is 6.12. The molecule has 0 saturated carbocycles. The van der Waals surface area contributed by atoms with E-state index in [0.717, 1.165) is 55.2 Å². The van der Waals surface area contributed by atoms with Crippen LogP contribution < -0.4 is 10.1 Å². The predicted molar refractivity (Wildman–Crippen MR) is 84.8 cm³/mol. The minimum Gasteiger partial charge on any atom is -0.493 e. The van der Waals surface area contributed by atoms with E-state index in [2.05, 4.69) is 47.3 Å². The molecule has 0 aliphatic carbocycles. The number of anilines is 1. The van der Waals surface area contributed by atoms with Crippen LogP contribution >= 0.6 is 0 Å². The first-order chi connectivity index (χ1) is 10.3. The maximum absolute atomic E-state index is 5.58. The van der Waals surface area contributed by atoms with E-state index in [1.807, 2.05) is 0 Å². The van der Waals surface area contributed by atoms with E-state index in [9.17, 15) is 0 Å². The number of aromatic nitrogens is 2. The van der Waals surface area contributed by atoms with Gasteiger partial charge in [-0.3, -0.25) is 0 Å². The van der Waals surface area contributed by atoms with Crippen LogP contribution in [0.3, 0.4) is 0 Å². The molecule has 1 aromatic heterocycles. The normalized spacial score (nSPS) is 12.9. The first-order valence-corrected chi connectivity index (χ1v) is 7.67. The second-order valence-corrected chi connectivity index (χ2v) is 5.25. The van der Waals surface area contributed by atoms with Crippen molar-refractivity contribution in [2.24, 2.45) is 0 Å². The van der Waals surface area contributed by atoms with Gasteiger partial charge in [0.25, 0.3) is 0 Å². The number of ether oxygens (including phenoxy) is 1. The molecule has 0 bridgehead atoms. The van der Waals surface area contributed by atoms with Crippen molar-refractivity contribution in [3.05, 3.63) is 35.7 Å². The summed E-state index contributed by atoms with van der Waals surface area (Å²) in [7, 11) is 0. The van der Waals surface area contributed by atoms with Crippen LogP contribution in [-0.2, 0) is 12.8 Å². The summed E-state index contributed by atoms with van der Waals surface area (Å²) >= 11 is 0. The van der Waals surface area contributed by atoms with E-state index in [1.54, 1.807) is 6.33 Å². The Morgan fingerprint density at radius 1 is 1.24 bits per heavy atom. The molecule has 4 heteroatoms. The minimum absolute atomic E-state index is 0.785. The summed E-state index contributed by atoms with van der Waals surface area (Å²) < 4.78 is 5.58. The highest BCUT2D eigenvalue weighted by atomic mass is 16.5. The van der Waals surface area contributed by atoms with Gasteiger partial charge in [0.05, 0.1) is 12.3 Å². The van der Waals surface area contributed by atoms with Crippen LogP contribution in [0, 0.1) is 0 Å². The van der Waals surface area contributed by atoms with Crippen LogP contribution in [0.2, 0.25) is 0 Å². The number of hydrogen-bond acceptors (Lipinski definition) is 4. The predicted octanol–water partition coefficient (Wildman–Crippen LogP) is 3.46. The molecule has 1 aliphatic rings. The molecule has 1 aliphatic heterocycles. The smallest absolute Gasteiger partial charge is 0.133 e. The largest absolute Gasteiger partial charge is 0.493 e. The zero-order valence-electron chi connectivity index (χ0n) is 12.6. The number of benzene rings is 1. The topological polar surface area (TPSA) is 47.0 Å². The molecular formula is C17H21N3O. The van der Waals surface area contributed by atoms with Crippen molar-refractivity contribution in [2.75, 3.05) is 18.5 Å². The van der Waals surface area contributed by atoms with Crippen LogP contribution in [0.5, 0.6) is 5.75 Å². The van der Waals surface area contributed by atoms with E-state index in [1.165, 1.54) is 11.1 Å². The summed E-state index contributed by atoms with van der Waals surface area (Å²) in [6, 6.07) is 6.36. The van der Waals surface area contributed by atoms with E-state index in [-0.39, 0.29) is 0 Å². The molecule has 4 nitrogen and oxygen atoms in total. The molecule has 3 rings (SSSR count). The molecular weight excluding hydrogens is 262 g/mol. The number of fused-ring (bicyclic) bond motifs is 1. The summed E-state index contributed by atoms with van der Waals surface area (Å²) in [5.74, 6) is 1.97. The third-order valence-electron chi connectivity index (χ3n) is 3.75. The Labute approximate surface area is 125 Å². The van der Waals surface area contributed by atoms with Gasteiger partial charge in [0, 0.05) is 24.1 Å².